The largest absolute Gasteiger partial charge is 0.374 e. The van der Waals surface area contributed by atoms with E-state index in [1.54, 1.807) is 12.1 Å². The molecular weight excluding hydrogens is 282 g/mol. The fourth-order valence-corrected chi connectivity index (χ4v) is 3.12. The lowest BCUT2D eigenvalue weighted by molar-refractivity contribution is 0.601. The molecule has 0 fully saturated rings. The van der Waals surface area contributed by atoms with Crippen molar-refractivity contribution in [2.75, 3.05) is 24.7 Å². The highest BCUT2D eigenvalue weighted by Gasteiger charge is 2.11. The quantitative estimate of drug-likeness (QED) is 0.642. The molecule has 0 aromatic heterocycles. The van der Waals surface area contributed by atoms with Crippen LogP contribution in [0.25, 0.3) is 0 Å². The third-order valence-corrected chi connectivity index (χ3v) is 4.98. The van der Waals surface area contributed by atoms with E-state index in [2.05, 4.69) is 11.8 Å². The summed E-state index contributed by atoms with van der Waals surface area (Å²) < 4.78 is 23.3. The second-order valence-electron chi connectivity index (χ2n) is 5.91. The van der Waals surface area contributed by atoms with Gasteiger partial charge < -0.3 is 4.90 Å². The van der Waals surface area contributed by atoms with Crippen molar-refractivity contribution in [2.45, 2.75) is 57.3 Å². The van der Waals surface area contributed by atoms with E-state index < -0.39 is 9.84 Å². The average Bonchev–Trinajstić information content (AvgIpc) is 2.41. The van der Waals surface area contributed by atoms with Crippen molar-refractivity contribution < 1.29 is 8.42 Å². The lowest BCUT2D eigenvalue weighted by Gasteiger charge is -2.22. The summed E-state index contributed by atoms with van der Waals surface area (Å²) >= 11 is 0. The molecule has 0 saturated carbocycles. The zero-order chi connectivity index (χ0) is 15.9. The van der Waals surface area contributed by atoms with Crippen LogP contribution in [-0.2, 0) is 9.84 Å². The molecule has 4 heteroatoms. The predicted molar refractivity (Wildman–Crippen MR) is 90.9 cm³/mol. The summed E-state index contributed by atoms with van der Waals surface area (Å²) in [6, 6.07) is 5.37. The third kappa shape index (κ3) is 6.08. The summed E-state index contributed by atoms with van der Waals surface area (Å²) in [5.41, 5.74) is 2.14. The van der Waals surface area contributed by atoms with Crippen LogP contribution in [0.3, 0.4) is 0 Å². The summed E-state index contributed by atoms with van der Waals surface area (Å²) in [5.74, 6) is 0. The van der Waals surface area contributed by atoms with E-state index in [9.17, 15) is 8.42 Å². The Morgan fingerprint density at radius 3 is 2.29 bits per heavy atom. The molecule has 0 bridgehead atoms. The molecule has 3 nitrogen and oxygen atoms in total. The lowest BCUT2D eigenvalue weighted by Crippen LogP contribution is -2.19. The van der Waals surface area contributed by atoms with Crippen LogP contribution >= 0.6 is 0 Å². The number of sulfone groups is 1. The van der Waals surface area contributed by atoms with Crippen LogP contribution in [-0.4, -0.2) is 28.3 Å². The van der Waals surface area contributed by atoms with Gasteiger partial charge in [-0.15, -0.1) is 0 Å². The first-order chi connectivity index (χ1) is 9.86. The maximum atomic E-state index is 11.7. The van der Waals surface area contributed by atoms with Crippen molar-refractivity contribution in [2.24, 2.45) is 0 Å². The fraction of sp³-hybridized carbons (Fsp3) is 0.647. The molecule has 0 aliphatic rings. The lowest BCUT2D eigenvalue weighted by atomic mass is 10.1. The second-order valence-corrected chi connectivity index (χ2v) is 7.93. The maximum Gasteiger partial charge on any atom is 0.175 e. The van der Waals surface area contributed by atoms with Gasteiger partial charge in [-0.1, -0.05) is 45.1 Å². The first kappa shape index (κ1) is 18.0. The average molecular weight is 311 g/mol. The van der Waals surface area contributed by atoms with Crippen LogP contribution in [0.1, 0.15) is 51.0 Å². The fourth-order valence-electron chi connectivity index (χ4n) is 2.48. The van der Waals surface area contributed by atoms with Gasteiger partial charge in [0, 0.05) is 25.5 Å². The first-order valence-electron chi connectivity index (χ1n) is 7.88. The van der Waals surface area contributed by atoms with Gasteiger partial charge in [0.05, 0.1) is 4.90 Å². The number of nitrogens with zero attached hydrogens (tertiary/aromatic N) is 1. The van der Waals surface area contributed by atoms with E-state index in [-0.39, 0.29) is 0 Å². The second kappa shape index (κ2) is 8.42. The van der Waals surface area contributed by atoms with Crippen LogP contribution < -0.4 is 4.90 Å². The highest BCUT2D eigenvalue weighted by atomic mass is 32.2. The Hall–Kier alpha value is -1.03. The molecule has 0 N–H and O–H groups in total. The Morgan fingerprint density at radius 1 is 1.05 bits per heavy atom. The van der Waals surface area contributed by atoms with Gasteiger partial charge in [-0.3, -0.25) is 0 Å². The minimum Gasteiger partial charge on any atom is -0.374 e. The van der Waals surface area contributed by atoms with Crippen molar-refractivity contribution in [3.8, 4) is 0 Å². The standard InChI is InChI=1S/C17H29NO2S/c1-5-6-7-8-9-10-13-18(3)17-14-16(21(4,19)20)12-11-15(17)2/h11-12,14H,5-10,13H2,1-4H3. The molecule has 1 aromatic carbocycles. The van der Waals surface area contributed by atoms with Gasteiger partial charge in [0.25, 0.3) is 0 Å². The molecule has 1 rings (SSSR count). The molecule has 0 unspecified atom stereocenters. The van der Waals surface area contributed by atoms with E-state index in [0.29, 0.717) is 4.90 Å². The number of benzene rings is 1. The van der Waals surface area contributed by atoms with Crippen LogP contribution in [0.15, 0.2) is 23.1 Å². The molecule has 0 aliphatic heterocycles. The smallest absolute Gasteiger partial charge is 0.175 e. The van der Waals surface area contributed by atoms with Crippen molar-refractivity contribution in [1.82, 2.24) is 0 Å². The van der Waals surface area contributed by atoms with E-state index in [4.69, 9.17) is 0 Å². The molecule has 21 heavy (non-hydrogen) atoms. The molecule has 0 amide bonds. The van der Waals surface area contributed by atoms with Crippen LogP contribution in [0.5, 0.6) is 0 Å². The van der Waals surface area contributed by atoms with Crippen LogP contribution in [0.2, 0.25) is 0 Å². The number of anilines is 1. The summed E-state index contributed by atoms with van der Waals surface area (Å²) in [6.45, 7) is 5.23. The Labute approximate surface area is 130 Å². The highest BCUT2D eigenvalue weighted by Crippen LogP contribution is 2.23. The molecule has 0 heterocycles. The van der Waals surface area contributed by atoms with Crippen molar-refractivity contribution in [3.05, 3.63) is 23.8 Å². The third-order valence-electron chi connectivity index (χ3n) is 3.87. The van der Waals surface area contributed by atoms with Gasteiger partial charge in [-0.2, -0.15) is 0 Å². The van der Waals surface area contributed by atoms with Gasteiger partial charge in [0.15, 0.2) is 9.84 Å². The minimum atomic E-state index is -3.14. The van der Waals surface area contributed by atoms with Crippen molar-refractivity contribution >= 4 is 15.5 Å². The number of hydrogen-bond acceptors (Lipinski definition) is 3. The minimum absolute atomic E-state index is 0.401. The molecule has 120 valence electrons. The van der Waals surface area contributed by atoms with Crippen molar-refractivity contribution in [3.63, 3.8) is 0 Å². The summed E-state index contributed by atoms with van der Waals surface area (Å²) in [7, 11) is -1.10. The summed E-state index contributed by atoms with van der Waals surface area (Å²) in [5, 5.41) is 0. The van der Waals surface area contributed by atoms with E-state index in [0.717, 1.165) is 24.2 Å². The van der Waals surface area contributed by atoms with E-state index in [1.165, 1.54) is 38.4 Å². The molecule has 0 atom stereocenters. The molecule has 0 spiro atoms. The number of hydrogen-bond donors (Lipinski definition) is 0. The summed E-state index contributed by atoms with van der Waals surface area (Å²) in [4.78, 5) is 2.57. The molecule has 0 aliphatic carbocycles. The molecular formula is C17H29NO2S. The normalized spacial score (nSPS) is 11.6. The van der Waals surface area contributed by atoms with Gasteiger partial charge in [0.1, 0.15) is 0 Å². The Bertz CT molecular complexity index is 538. The Morgan fingerprint density at radius 2 is 1.67 bits per heavy atom. The molecule has 1 aromatic rings. The van der Waals surface area contributed by atoms with Gasteiger partial charge >= 0.3 is 0 Å². The maximum absolute atomic E-state index is 11.7. The van der Waals surface area contributed by atoms with E-state index in [1.807, 2.05) is 20.0 Å². The molecule has 0 saturated heterocycles. The Balaban J connectivity index is 2.59. The first-order valence-corrected chi connectivity index (χ1v) is 9.77. The van der Waals surface area contributed by atoms with Crippen LogP contribution in [0, 0.1) is 6.92 Å². The monoisotopic (exact) mass is 311 g/mol. The number of aryl methyl sites for hydroxylation is 1. The van der Waals surface area contributed by atoms with Gasteiger partial charge in [-0.05, 0) is 31.0 Å². The highest BCUT2D eigenvalue weighted by molar-refractivity contribution is 7.90. The zero-order valence-corrected chi connectivity index (χ0v) is 14.7. The SMILES string of the molecule is CCCCCCCCN(C)c1cc(S(C)(=O)=O)ccc1C. The number of rotatable bonds is 9. The predicted octanol–water partition coefficient (Wildman–Crippen LogP) is 4.20. The Kier molecular flexibility index (Phi) is 7.23. The number of unbranched alkanes of at least 4 members (excludes halogenated alkanes) is 5. The molecule has 0 radical (unpaired) electrons. The topological polar surface area (TPSA) is 37.4 Å². The van der Waals surface area contributed by atoms with Gasteiger partial charge in [-0.25, -0.2) is 8.42 Å². The van der Waals surface area contributed by atoms with Gasteiger partial charge in [0.2, 0.25) is 0 Å². The van der Waals surface area contributed by atoms with Crippen molar-refractivity contribution in [1.29, 1.82) is 0 Å². The zero-order valence-electron chi connectivity index (χ0n) is 13.9. The van der Waals surface area contributed by atoms with E-state index >= 15 is 0 Å². The van der Waals surface area contributed by atoms with Crippen LogP contribution in [0.4, 0.5) is 5.69 Å². The summed E-state index contributed by atoms with van der Waals surface area (Å²) in [6.07, 6.45) is 8.88.